The van der Waals surface area contributed by atoms with Crippen molar-refractivity contribution in [3.8, 4) is 0 Å². The molecule has 2 N–H and O–H groups in total. The van der Waals surface area contributed by atoms with Crippen molar-refractivity contribution in [2.75, 3.05) is 6.54 Å². The van der Waals surface area contributed by atoms with Gasteiger partial charge in [0.2, 0.25) is 0 Å². The maximum absolute atomic E-state index is 13.1. The molecule has 3 heterocycles. The molecule has 1 aliphatic heterocycles. The van der Waals surface area contributed by atoms with E-state index in [1.165, 1.54) is 0 Å². The molecule has 2 aliphatic rings. The van der Waals surface area contributed by atoms with E-state index in [-0.39, 0.29) is 36.3 Å². The number of piperidine rings is 1. The van der Waals surface area contributed by atoms with Crippen LogP contribution in [0.3, 0.4) is 0 Å². The number of fused-ring (bicyclic) bond motifs is 1. The lowest BCUT2D eigenvalue weighted by atomic mass is 9.98. The zero-order valence-corrected chi connectivity index (χ0v) is 16.4. The molecule has 6 nitrogen and oxygen atoms in total. The third-order valence-corrected chi connectivity index (χ3v) is 5.36. The smallest absolute Gasteiger partial charge is 0.259 e. The van der Waals surface area contributed by atoms with Crippen LogP contribution in [0, 0.1) is 0 Å². The first-order chi connectivity index (χ1) is 12.0. The fourth-order valence-corrected chi connectivity index (χ4v) is 3.64. The Labute approximate surface area is 159 Å². The Bertz CT molecular complexity index is 800. The highest BCUT2D eigenvalue weighted by Gasteiger charge is 2.31. The van der Waals surface area contributed by atoms with Gasteiger partial charge in [-0.25, -0.2) is 4.98 Å². The molecule has 0 radical (unpaired) electrons. The van der Waals surface area contributed by atoms with E-state index in [9.17, 15) is 4.79 Å². The molecule has 2 fully saturated rings. The van der Waals surface area contributed by atoms with Gasteiger partial charge in [0, 0.05) is 23.7 Å². The lowest BCUT2D eigenvalue weighted by molar-refractivity contribution is 0.0921. The minimum atomic E-state index is -0.0417. The van der Waals surface area contributed by atoms with Crippen molar-refractivity contribution in [3.63, 3.8) is 0 Å². The highest BCUT2D eigenvalue weighted by Crippen LogP contribution is 2.41. The molecule has 1 aliphatic carbocycles. The molecule has 7 heteroatoms. The van der Waals surface area contributed by atoms with Gasteiger partial charge in [0.25, 0.3) is 11.6 Å². The van der Waals surface area contributed by atoms with Gasteiger partial charge in [-0.05, 0) is 51.1 Å². The highest BCUT2D eigenvalue weighted by atomic mass is 35.5. The summed E-state index contributed by atoms with van der Waals surface area (Å²) in [5, 5.41) is 11.6. The van der Waals surface area contributed by atoms with Crippen LogP contribution in [0.15, 0.2) is 10.6 Å². The molecular formula is C19H27ClN4O2. The van der Waals surface area contributed by atoms with E-state index in [0.29, 0.717) is 17.2 Å². The van der Waals surface area contributed by atoms with Crippen molar-refractivity contribution in [3.05, 3.63) is 23.0 Å². The number of carbonyl (C=O) groups is 1. The Morgan fingerprint density at radius 3 is 2.77 bits per heavy atom. The minimum absolute atomic E-state index is 0. The summed E-state index contributed by atoms with van der Waals surface area (Å²) in [7, 11) is 0. The minimum Gasteiger partial charge on any atom is -0.348 e. The van der Waals surface area contributed by atoms with Gasteiger partial charge in [0.15, 0.2) is 0 Å². The largest absolute Gasteiger partial charge is 0.348 e. The summed E-state index contributed by atoms with van der Waals surface area (Å²) < 4.78 is 5.48. The Morgan fingerprint density at radius 2 is 2.12 bits per heavy atom. The fraction of sp³-hybridized carbons (Fsp3) is 0.632. The van der Waals surface area contributed by atoms with Crippen molar-refractivity contribution in [2.45, 2.75) is 70.4 Å². The van der Waals surface area contributed by atoms with Crippen LogP contribution in [-0.4, -0.2) is 34.7 Å². The predicted octanol–water partition coefficient (Wildman–Crippen LogP) is 3.52. The summed E-state index contributed by atoms with van der Waals surface area (Å²) in [5.74, 6) is 0.593. The zero-order chi connectivity index (χ0) is 17.6. The normalized spacial score (nSPS) is 23.1. The maximum atomic E-state index is 13.1. The first kappa shape index (κ1) is 19.1. The van der Waals surface area contributed by atoms with Crippen LogP contribution in [0.25, 0.3) is 11.1 Å². The standard InChI is InChI=1S/C19H26N4O2.ClH/c1-10(2)17-16-13(18(24)21-14-5-4-8-20-11(14)3)9-15(12-6-7-12)22-19(16)25-23-17;/h9-12,14,20H,4-8H2,1-3H3,(H,21,24);1H. The molecule has 1 saturated heterocycles. The van der Waals surface area contributed by atoms with E-state index >= 15 is 0 Å². The number of rotatable bonds is 4. The van der Waals surface area contributed by atoms with Crippen molar-refractivity contribution in [1.29, 1.82) is 0 Å². The quantitative estimate of drug-likeness (QED) is 0.850. The van der Waals surface area contributed by atoms with Gasteiger partial charge in [-0.2, -0.15) is 0 Å². The van der Waals surface area contributed by atoms with Gasteiger partial charge in [-0.15, -0.1) is 12.4 Å². The Morgan fingerprint density at radius 1 is 1.35 bits per heavy atom. The van der Waals surface area contributed by atoms with Gasteiger partial charge < -0.3 is 15.2 Å². The van der Waals surface area contributed by atoms with E-state index in [0.717, 1.165) is 49.0 Å². The summed E-state index contributed by atoms with van der Waals surface area (Å²) in [6.45, 7) is 7.25. The lowest BCUT2D eigenvalue weighted by Gasteiger charge is -2.30. The van der Waals surface area contributed by atoms with E-state index < -0.39 is 0 Å². The van der Waals surface area contributed by atoms with Crippen LogP contribution >= 0.6 is 12.4 Å². The molecule has 0 aromatic carbocycles. The third kappa shape index (κ3) is 3.58. The topological polar surface area (TPSA) is 80.0 Å². The van der Waals surface area contributed by atoms with Crippen molar-refractivity contribution >= 4 is 29.4 Å². The van der Waals surface area contributed by atoms with Crippen LogP contribution in [0.5, 0.6) is 0 Å². The third-order valence-electron chi connectivity index (χ3n) is 5.36. The van der Waals surface area contributed by atoms with E-state index in [1.54, 1.807) is 0 Å². The fourth-order valence-electron chi connectivity index (χ4n) is 3.64. The average Bonchev–Trinajstić information content (AvgIpc) is 3.35. The van der Waals surface area contributed by atoms with Crippen molar-refractivity contribution < 1.29 is 9.32 Å². The number of nitrogens with one attached hydrogen (secondary N) is 2. The molecule has 2 atom stereocenters. The molecule has 2 aromatic heterocycles. The van der Waals surface area contributed by atoms with Crippen LogP contribution in [0.2, 0.25) is 0 Å². The number of amides is 1. The molecule has 1 saturated carbocycles. The van der Waals surface area contributed by atoms with Gasteiger partial charge in [0.05, 0.1) is 16.6 Å². The second kappa shape index (κ2) is 7.53. The molecule has 26 heavy (non-hydrogen) atoms. The molecule has 142 valence electrons. The summed E-state index contributed by atoms with van der Waals surface area (Å²) in [4.78, 5) is 17.7. The number of hydrogen-bond acceptors (Lipinski definition) is 5. The van der Waals surface area contributed by atoms with Gasteiger partial charge >= 0.3 is 0 Å². The van der Waals surface area contributed by atoms with Crippen molar-refractivity contribution in [1.82, 2.24) is 20.8 Å². The molecule has 4 rings (SSSR count). The lowest BCUT2D eigenvalue weighted by Crippen LogP contribution is -2.51. The van der Waals surface area contributed by atoms with E-state index in [4.69, 9.17) is 4.52 Å². The number of halogens is 1. The van der Waals surface area contributed by atoms with Gasteiger partial charge in [-0.1, -0.05) is 19.0 Å². The molecule has 1 amide bonds. The zero-order valence-electron chi connectivity index (χ0n) is 15.5. The van der Waals surface area contributed by atoms with Crippen LogP contribution in [0.1, 0.15) is 80.0 Å². The molecule has 2 aromatic rings. The van der Waals surface area contributed by atoms with Gasteiger partial charge in [0.1, 0.15) is 0 Å². The summed E-state index contributed by atoms with van der Waals surface area (Å²) in [6.07, 6.45) is 4.35. The number of pyridine rings is 1. The second-order valence-corrected chi connectivity index (χ2v) is 7.74. The molecular weight excluding hydrogens is 352 g/mol. The monoisotopic (exact) mass is 378 g/mol. The molecule has 0 bridgehead atoms. The first-order valence-electron chi connectivity index (χ1n) is 9.39. The van der Waals surface area contributed by atoms with Crippen LogP contribution in [0.4, 0.5) is 0 Å². The number of aromatic nitrogens is 2. The van der Waals surface area contributed by atoms with Crippen molar-refractivity contribution in [2.24, 2.45) is 0 Å². The maximum Gasteiger partial charge on any atom is 0.259 e. The highest BCUT2D eigenvalue weighted by molar-refractivity contribution is 6.06. The predicted molar refractivity (Wildman–Crippen MR) is 103 cm³/mol. The van der Waals surface area contributed by atoms with Gasteiger partial charge in [-0.3, -0.25) is 4.79 Å². The summed E-state index contributed by atoms with van der Waals surface area (Å²) in [6, 6.07) is 2.39. The molecule has 2 unspecified atom stereocenters. The Hall–Kier alpha value is -1.66. The van der Waals surface area contributed by atoms with E-state index in [2.05, 4.69) is 41.5 Å². The average molecular weight is 379 g/mol. The Balaban J connectivity index is 0.00000196. The number of nitrogens with zero attached hydrogens (tertiary/aromatic N) is 2. The molecule has 0 spiro atoms. The summed E-state index contributed by atoms with van der Waals surface area (Å²) in [5.41, 5.74) is 2.92. The number of carbonyl (C=O) groups excluding carboxylic acids is 1. The van der Waals surface area contributed by atoms with Crippen LogP contribution in [-0.2, 0) is 0 Å². The number of hydrogen-bond donors (Lipinski definition) is 2. The van der Waals surface area contributed by atoms with E-state index in [1.807, 2.05) is 6.07 Å². The summed E-state index contributed by atoms with van der Waals surface area (Å²) >= 11 is 0. The van der Waals surface area contributed by atoms with Crippen LogP contribution < -0.4 is 10.6 Å². The SMILES string of the molecule is CC(C)c1noc2nc(C3CC3)cc(C(=O)NC3CCCNC3C)c12.Cl. The second-order valence-electron chi connectivity index (χ2n) is 7.74. The first-order valence-corrected chi connectivity index (χ1v) is 9.39. The Kier molecular flexibility index (Phi) is 5.53.